The van der Waals surface area contributed by atoms with Crippen LogP contribution < -0.4 is 4.72 Å². The van der Waals surface area contributed by atoms with Crippen LogP contribution in [0.3, 0.4) is 0 Å². The zero-order valence-electron chi connectivity index (χ0n) is 16.2. The normalized spacial score (nSPS) is 11.2. The number of nitrogens with zero attached hydrogens (tertiary/aromatic N) is 3. The molecule has 0 spiro atoms. The van der Waals surface area contributed by atoms with Crippen molar-refractivity contribution in [3.63, 3.8) is 0 Å². The molecule has 0 amide bonds. The first-order valence-corrected chi connectivity index (χ1v) is 10.5. The topological polar surface area (TPSA) is 90.0 Å². The van der Waals surface area contributed by atoms with Gasteiger partial charge in [0, 0.05) is 36.1 Å². The number of nitrogens with one attached hydrogen (secondary N) is 1. The molecule has 2 aromatic carbocycles. The summed E-state index contributed by atoms with van der Waals surface area (Å²) in [5, 5.41) is 3.81. The van der Waals surface area contributed by atoms with Gasteiger partial charge in [-0.25, -0.2) is 18.1 Å². The van der Waals surface area contributed by atoms with E-state index in [1.807, 2.05) is 48.1 Å². The molecule has 0 fully saturated rings. The molecule has 1 N–H and O–H groups in total. The number of anilines is 1. The van der Waals surface area contributed by atoms with Crippen LogP contribution in [0.15, 0.2) is 70.3 Å². The van der Waals surface area contributed by atoms with Crippen LogP contribution in [0.2, 0.25) is 0 Å². The van der Waals surface area contributed by atoms with Crippen molar-refractivity contribution in [2.45, 2.75) is 18.7 Å². The Labute approximate surface area is 187 Å². The van der Waals surface area contributed by atoms with Gasteiger partial charge in [-0.1, -0.05) is 47.6 Å². The van der Waals surface area contributed by atoms with Crippen molar-refractivity contribution < 1.29 is 12.9 Å². The summed E-state index contributed by atoms with van der Waals surface area (Å²) in [6.07, 6.45) is 3.62. The zero-order valence-corrected chi connectivity index (χ0v) is 17.1. The van der Waals surface area contributed by atoms with E-state index in [2.05, 4.69) is 14.9 Å². The van der Waals surface area contributed by atoms with Crippen LogP contribution in [0, 0.1) is 13.8 Å². The van der Waals surface area contributed by atoms with Gasteiger partial charge in [-0.15, -0.1) is 0 Å². The zero-order chi connectivity index (χ0) is 20.6. The van der Waals surface area contributed by atoms with E-state index in [0.29, 0.717) is 16.8 Å². The van der Waals surface area contributed by atoms with Crippen molar-refractivity contribution in [2.75, 3.05) is 4.72 Å². The van der Waals surface area contributed by atoms with Gasteiger partial charge in [0.1, 0.15) is 5.82 Å². The summed E-state index contributed by atoms with van der Waals surface area (Å²) in [7, 11) is -1.93. The molecule has 0 unspecified atom stereocenters. The van der Waals surface area contributed by atoms with Gasteiger partial charge in [0.05, 0.1) is 10.6 Å². The molecule has 2 aromatic heterocycles. The number of rotatable bonds is 5. The molecule has 7 nitrogen and oxygen atoms in total. The SMILES string of the molecule is Cc1noc(NS(=O)(=O)c2ccccc2-c2ccc(-c3nccn3C)cc2)c1C.[LiH]. The van der Waals surface area contributed by atoms with Gasteiger partial charge in [-0.05, 0) is 25.5 Å². The molecule has 0 aliphatic carbocycles. The molecule has 4 rings (SSSR count). The van der Waals surface area contributed by atoms with Crippen LogP contribution in [0.1, 0.15) is 11.3 Å². The van der Waals surface area contributed by atoms with Crippen molar-refractivity contribution in [3.8, 4) is 22.5 Å². The molecule has 0 aliphatic rings. The predicted molar refractivity (Wildman–Crippen MR) is 118 cm³/mol. The first-order chi connectivity index (χ1) is 13.9. The molecule has 150 valence electrons. The number of aryl methyl sites for hydroxylation is 2. The molecule has 0 saturated heterocycles. The summed E-state index contributed by atoms with van der Waals surface area (Å²) in [4.78, 5) is 4.51. The fourth-order valence-corrected chi connectivity index (χ4v) is 4.35. The van der Waals surface area contributed by atoms with Gasteiger partial charge in [-0.2, -0.15) is 0 Å². The molecule has 0 atom stereocenters. The number of imidazole rings is 1. The summed E-state index contributed by atoms with van der Waals surface area (Å²) >= 11 is 0. The summed E-state index contributed by atoms with van der Waals surface area (Å²) in [6.45, 7) is 3.51. The van der Waals surface area contributed by atoms with Crippen molar-refractivity contribution >= 4 is 34.8 Å². The van der Waals surface area contributed by atoms with Gasteiger partial charge < -0.3 is 9.09 Å². The summed E-state index contributed by atoms with van der Waals surface area (Å²) < 4.78 is 35.6. The molecule has 0 aliphatic heterocycles. The molecular weight excluding hydrogens is 395 g/mol. The van der Waals surface area contributed by atoms with E-state index in [4.69, 9.17) is 4.52 Å². The first kappa shape index (κ1) is 21.9. The third-order valence-corrected chi connectivity index (χ3v) is 6.23. The Kier molecular flexibility index (Phi) is 6.22. The average molecular weight is 416 g/mol. The molecule has 30 heavy (non-hydrogen) atoms. The van der Waals surface area contributed by atoms with Gasteiger partial charge >= 0.3 is 18.9 Å². The van der Waals surface area contributed by atoms with E-state index in [9.17, 15) is 8.42 Å². The summed E-state index contributed by atoms with van der Waals surface area (Å²) in [5.41, 5.74) is 3.63. The van der Waals surface area contributed by atoms with Crippen LogP contribution in [-0.2, 0) is 17.1 Å². The van der Waals surface area contributed by atoms with Gasteiger partial charge in [0.2, 0.25) is 5.88 Å². The second-order valence-electron chi connectivity index (χ2n) is 6.76. The Morgan fingerprint density at radius 1 is 1.00 bits per heavy atom. The molecule has 0 bridgehead atoms. The Hall–Kier alpha value is -2.79. The minimum absolute atomic E-state index is 0. The molecular formula is C21H21LiN4O3S. The Balaban J connectivity index is 0.00000256. The Morgan fingerprint density at radius 2 is 1.67 bits per heavy atom. The Bertz CT molecular complexity index is 1280. The molecule has 0 saturated carbocycles. The fourth-order valence-electron chi connectivity index (χ4n) is 3.07. The van der Waals surface area contributed by atoms with E-state index >= 15 is 0 Å². The number of hydrogen-bond acceptors (Lipinski definition) is 5. The Morgan fingerprint density at radius 3 is 2.27 bits per heavy atom. The van der Waals surface area contributed by atoms with Gasteiger partial charge in [0.15, 0.2) is 0 Å². The first-order valence-electron chi connectivity index (χ1n) is 8.99. The van der Waals surface area contributed by atoms with Crippen molar-refractivity contribution in [1.29, 1.82) is 0 Å². The maximum absolute atomic E-state index is 13.0. The second-order valence-corrected chi connectivity index (χ2v) is 8.41. The van der Waals surface area contributed by atoms with E-state index in [-0.39, 0.29) is 29.6 Å². The van der Waals surface area contributed by atoms with Crippen LogP contribution >= 0.6 is 0 Å². The maximum atomic E-state index is 13.0. The predicted octanol–water partition coefficient (Wildman–Crippen LogP) is 3.51. The van der Waals surface area contributed by atoms with E-state index in [1.54, 1.807) is 38.2 Å². The standard InChI is InChI=1S/C21H20N4O3S.Li.H/c1-14-15(2)23-28-21(14)24-29(26,27)19-7-5-4-6-18(19)16-8-10-17(11-9-16)20-22-12-13-25(20)3;;/h4-13,24H,1-3H3;;. The third-order valence-electron chi connectivity index (χ3n) is 4.84. The van der Waals surface area contributed by atoms with E-state index in [1.165, 1.54) is 0 Å². The van der Waals surface area contributed by atoms with Crippen molar-refractivity contribution in [2.24, 2.45) is 7.05 Å². The fraction of sp³-hybridized carbons (Fsp3) is 0.143. The number of sulfonamides is 1. The number of benzene rings is 2. The monoisotopic (exact) mass is 416 g/mol. The van der Waals surface area contributed by atoms with Crippen LogP contribution in [0.25, 0.3) is 22.5 Å². The van der Waals surface area contributed by atoms with E-state index < -0.39 is 10.0 Å². The average Bonchev–Trinajstić information content (AvgIpc) is 3.28. The summed E-state index contributed by atoms with van der Waals surface area (Å²) in [5.74, 6) is 0.970. The van der Waals surface area contributed by atoms with Crippen LogP contribution in [0.4, 0.5) is 5.88 Å². The quantitative estimate of drug-likeness (QED) is 0.503. The van der Waals surface area contributed by atoms with Crippen LogP contribution in [-0.4, -0.2) is 42.0 Å². The van der Waals surface area contributed by atoms with Gasteiger partial charge in [-0.3, -0.25) is 0 Å². The molecule has 0 radical (unpaired) electrons. The second kappa shape index (κ2) is 8.52. The van der Waals surface area contributed by atoms with Gasteiger partial charge in [0.25, 0.3) is 10.0 Å². The third kappa shape index (κ3) is 4.07. The van der Waals surface area contributed by atoms with Crippen molar-refractivity contribution in [3.05, 3.63) is 72.2 Å². The molecule has 9 heteroatoms. The van der Waals surface area contributed by atoms with E-state index in [0.717, 1.165) is 17.0 Å². The minimum atomic E-state index is -3.86. The number of hydrogen-bond donors (Lipinski definition) is 1. The van der Waals surface area contributed by atoms with Crippen LogP contribution in [0.5, 0.6) is 0 Å². The van der Waals surface area contributed by atoms with Crippen molar-refractivity contribution in [1.82, 2.24) is 14.7 Å². The number of aromatic nitrogens is 3. The summed E-state index contributed by atoms with van der Waals surface area (Å²) in [6, 6.07) is 14.5. The molecule has 4 aromatic rings. The molecule has 2 heterocycles.